The van der Waals surface area contributed by atoms with E-state index in [1.54, 1.807) is 39.0 Å². The largest absolute Gasteiger partial charge is 0.444 e. The molecule has 0 aromatic heterocycles. The fourth-order valence-corrected chi connectivity index (χ4v) is 2.17. The standard InChI is InChI=1S/C15H19FN2O3/c1-15(2,3)21-14(20)17-11-8-9-18(13(11)19)12-7-5-4-6-10(12)16/h4-7,11H,8-9H2,1-3H3,(H,17,20)/t11-/m1/s1. The number of anilines is 1. The van der Waals surface area contributed by atoms with Gasteiger partial charge in [0.05, 0.1) is 5.69 Å². The number of rotatable bonds is 2. The number of carbonyl (C=O) groups excluding carboxylic acids is 2. The maximum absolute atomic E-state index is 13.7. The van der Waals surface area contributed by atoms with Gasteiger partial charge in [0.25, 0.3) is 0 Å². The number of halogens is 1. The van der Waals surface area contributed by atoms with Crippen molar-refractivity contribution in [2.45, 2.75) is 38.8 Å². The highest BCUT2D eigenvalue weighted by Gasteiger charge is 2.35. The SMILES string of the molecule is CC(C)(C)OC(=O)N[C@@H]1CCN(c2ccccc2F)C1=O. The van der Waals surface area contributed by atoms with E-state index in [1.807, 2.05) is 0 Å². The quantitative estimate of drug-likeness (QED) is 0.911. The van der Waals surface area contributed by atoms with Crippen LogP contribution in [0.4, 0.5) is 14.9 Å². The van der Waals surface area contributed by atoms with Crippen LogP contribution in [-0.4, -0.2) is 30.2 Å². The van der Waals surface area contributed by atoms with Crippen molar-refractivity contribution in [3.8, 4) is 0 Å². The van der Waals surface area contributed by atoms with Crippen LogP contribution in [-0.2, 0) is 9.53 Å². The molecule has 0 aliphatic carbocycles. The molecule has 1 aliphatic heterocycles. The van der Waals surface area contributed by atoms with Crippen molar-refractivity contribution in [3.05, 3.63) is 30.1 Å². The Kier molecular flexibility index (Phi) is 4.16. The van der Waals surface area contributed by atoms with E-state index < -0.39 is 23.6 Å². The predicted molar refractivity (Wildman–Crippen MR) is 76.5 cm³/mol. The van der Waals surface area contributed by atoms with Crippen LogP contribution in [0.1, 0.15) is 27.2 Å². The van der Waals surface area contributed by atoms with Gasteiger partial charge >= 0.3 is 6.09 Å². The molecule has 114 valence electrons. The molecule has 1 aliphatic rings. The van der Waals surface area contributed by atoms with E-state index in [4.69, 9.17) is 4.74 Å². The van der Waals surface area contributed by atoms with Gasteiger partial charge in [0.15, 0.2) is 0 Å². The van der Waals surface area contributed by atoms with Gasteiger partial charge in [0.1, 0.15) is 17.5 Å². The number of alkyl carbamates (subject to hydrolysis) is 1. The van der Waals surface area contributed by atoms with Crippen molar-refractivity contribution in [3.63, 3.8) is 0 Å². The second-order valence-corrected chi connectivity index (χ2v) is 5.93. The number of benzene rings is 1. The minimum atomic E-state index is -0.681. The van der Waals surface area contributed by atoms with E-state index in [1.165, 1.54) is 11.0 Å². The molecule has 0 saturated carbocycles. The monoisotopic (exact) mass is 294 g/mol. The second-order valence-electron chi connectivity index (χ2n) is 5.93. The molecule has 1 N–H and O–H groups in total. The Morgan fingerprint density at radius 1 is 1.38 bits per heavy atom. The molecule has 6 heteroatoms. The normalized spacial score (nSPS) is 18.8. The average Bonchev–Trinajstić information content (AvgIpc) is 2.69. The lowest BCUT2D eigenvalue weighted by molar-refractivity contribution is -0.118. The highest BCUT2D eigenvalue weighted by molar-refractivity contribution is 6.00. The first-order valence-electron chi connectivity index (χ1n) is 6.83. The fourth-order valence-electron chi connectivity index (χ4n) is 2.17. The first kappa shape index (κ1) is 15.3. The first-order chi connectivity index (χ1) is 9.78. The molecule has 1 aromatic rings. The van der Waals surface area contributed by atoms with E-state index in [0.717, 1.165) is 0 Å². The maximum atomic E-state index is 13.7. The third-order valence-electron chi connectivity index (χ3n) is 3.04. The van der Waals surface area contributed by atoms with Gasteiger partial charge in [-0.15, -0.1) is 0 Å². The van der Waals surface area contributed by atoms with E-state index in [0.29, 0.717) is 13.0 Å². The molecule has 21 heavy (non-hydrogen) atoms. The minimum Gasteiger partial charge on any atom is -0.444 e. The summed E-state index contributed by atoms with van der Waals surface area (Å²) in [7, 11) is 0. The van der Waals surface area contributed by atoms with Crippen molar-refractivity contribution < 1.29 is 18.7 Å². The smallest absolute Gasteiger partial charge is 0.408 e. The zero-order chi connectivity index (χ0) is 15.6. The Morgan fingerprint density at radius 2 is 2.05 bits per heavy atom. The van der Waals surface area contributed by atoms with Crippen molar-refractivity contribution in [2.75, 3.05) is 11.4 Å². The van der Waals surface area contributed by atoms with Crippen LogP contribution in [0.5, 0.6) is 0 Å². The molecule has 0 radical (unpaired) electrons. The van der Waals surface area contributed by atoms with Crippen molar-refractivity contribution in [1.29, 1.82) is 0 Å². The molecule has 1 atom stereocenters. The zero-order valence-corrected chi connectivity index (χ0v) is 12.4. The Balaban J connectivity index is 2.02. The molecule has 0 bridgehead atoms. The van der Waals surface area contributed by atoms with Crippen LogP contribution in [0.15, 0.2) is 24.3 Å². The minimum absolute atomic E-state index is 0.232. The zero-order valence-electron chi connectivity index (χ0n) is 12.4. The van der Waals surface area contributed by atoms with Gasteiger partial charge in [-0.25, -0.2) is 9.18 Å². The molecule has 5 nitrogen and oxygen atoms in total. The van der Waals surface area contributed by atoms with Crippen LogP contribution < -0.4 is 10.2 Å². The Hall–Kier alpha value is -2.11. The average molecular weight is 294 g/mol. The summed E-state index contributed by atoms with van der Waals surface area (Å²) in [5.74, 6) is -0.783. The summed E-state index contributed by atoms with van der Waals surface area (Å²) < 4.78 is 18.8. The van der Waals surface area contributed by atoms with E-state index in [-0.39, 0.29) is 11.6 Å². The van der Waals surface area contributed by atoms with Gasteiger partial charge in [-0.1, -0.05) is 12.1 Å². The summed E-state index contributed by atoms with van der Waals surface area (Å²) in [6.07, 6.45) is -0.219. The number of para-hydroxylation sites is 1. The van der Waals surface area contributed by atoms with E-state index in [2.05, 4.69) is 5.32 Å². The number of nitrogens with zero attached hydrogens (tertiary/aromatic N) is 1. The van der Waals surface area contributed by atoms with Crippen molar-refractivity contribution >= 4 is 17.7 Å². The summed E-state index contributed by atoms with van der Waals surface area (Å²) in [6.45, 7) is 5.60. The van der Waals surface area contributed by atoms with Crippen LogP contribution >= 0.6 is 0 Å². The predicted octanol–water partition coefficient (Wildman–Crippen LogP) is 2.46. The number of ether oxygens (including phenoxy) is 1. The fraction of sp³-hybridized carbons (Fsp3) is 0.467. The third kappa shape index (κ3) is 3.71. The lowest BCUT2D eigenvalue weighted by atomic mass is 10.2. The molecule has 2 rings (SSSR count). The topological polar surface area (TPSA) is 58.6 Å². The first-order valence-corrected chi connectivity index (χ1v) is 6.83. The Bertz CT molecular complexity index is 554. The van der Waals surface area contributed by atoms with Crippen LogP contribution in [0.2, 0.25) is 0 Å². The number of amides is 2. The number of hydrogen-bond donors (Lipinski definition) is 1. The molecule has 1 saturated heterocycles. The van der Waals surface area contributed by atoms with Gasteiger partial charge in [0, 0.05) is 6.54 Å². The van der Waals surface area contributed by atoms with Gasteiger partial charge in [-0.2, -0.15) is 0 Å². The van der Waals surface area contributed by atoms with Gasteiger partial charge in [0.2, 0.25) is 5.91 Å². The summed E-state index contributed by atoms with van der Waals surface area (Å²) in [6, 6.07) is 5.40. The van der Waals surface area contributed by atoms with Crippen LogP contribution in [0, 0.1) is 5.82 Å². The molecule has 1 heterocycles. The van der Waals surface area contributed by atoms with Crippen molar-refractivity contribution in [2.24, 2.45) is 0 Å². The van der Waals surface area contributed by atoms with E-state index in [9.17, 15) is 14.0 Å². The van der Waals surface area contributed by atoms with E-state index >= 15 is 0 Å². The summed E-state index contributed by atoms with van der Waals surface area (Å²) in [5.41, 5.74) is -0.396. The second kappa shape index (κ2) is 5.71. The molecular formula is C15H19FN2O3. The molecule has 1 aromatic carbocycles. The molecule has 2 amide bonds. The number of hydrogen-bond acceptors (Lipinski definition) is 3. The Morgan fingerprint density at radius 3 is 2.67 bits per heavy atom. The molecule has 1 fully saturated rings. The summed E-state index contributed by atoms with van der Waals surface area (Å²) in [5, 5.41) is 2.53. The molecular weight excluding hydrogens is 275 g/mol. The van der Waals surface area contributed by atoms with Gasteiger partial charge in [-0.3, -0.25) is 4.79 Å². The summed E-state index contributed by atoms with van der Waals surface area (Å²) >= 11 is 0. The Labute approximate surface area is 123 Å². The lowest BCUT2D eigenvalue weighted by Crippen LogP contribution is -2.43. The molecule has 0 unspecified atom stereocenters. The highest BCUT2D eigenvalue weighted by Crippen LogP contribution is 2.24. The highest BCUT2D eigenvalue weighted by atomic mass is 19.1. The van der Waals surface area contributed by atoms with Gasteiger partial charge in [-0.05, 0) is 39.3 Å². The van der Waals surface area contributed by atoms with Crippen LogP contribution in [0.3, 0.4) is 0 Å². The maximum Gasteiger partial charge on any atom is 0.408 e. The number of nitrogens with one attached hydrogen (secondary N) is 1. The van der Waals surface area contributed by atoms with Crippen LogP contribution in [0.25, 0.3) is 0 Å². The summed E-state index contributed by atoms with van der Waals surface area (Å²) in [4.78, 5) is 25.3. The number of carbonyl (C=O) groups is 2. The van der Waals surface area contributed by atoms with Crippen molar-refractivity contribution in [1.82, 2.24) is 5.32 Å². The lowest BCUT2D eigenvalue weighted by Gasteiger charge is -2.21. The van der Waals surface area contributed by atoms with Gasteiger partial charge < -0.3 is 15.0 Å². The molecule has 0 spiro atoms. The third-order valence-corrected chi connectivity index (χ3v) is 3.04.